The largest absolute Gasteiger partial charge is 0.456 e. The zero-order valence-electron chi connectivity index (χ0n) is 17.6. The van der Waals surface area contributed by atoms with Gasteiger partial charge in [-0.2, -0.15) is 10.5 Å². The molecule has 6 nitrogen and oxygen atoms in total. The molecule has 0 aliphatic rings. The molecule has 2 aromatic carbocycles. The van der Waals surface area contributed by atoms with Gasteiger partial charge in [-0.25, -0.2) is 9.97 Å². The van der Waals surface area contributed by atoms with Crippen LogP contribution in [0.1, 0.15) is 22.3 Å². The number of nitriles is 2. The first kappa shape index (κ1) is 20.6. The third-order valence-electron chi connectivity index (χ3n) is 4.87. The Bertz CT molecular complexity index is 1390. The molecule has 0 saturated carbocycles. The summed E-state index contributed by atoms with van der Waals surface area (Å²) in [5, 5.41) is 21.8. The lowest BCUT2D eigenvalue weighted by atomic mass is 10.1. The molecule has 2 heterocycles. The number of nitrogens with one attached hydrogen (secondary N) is 1. The quantitative estimate of drug-likeness (QED) is 0.389. The summed E-state index contributed by atoms with van der Waals surface area (Å²) in [6.07, 6.45) is 4.74. The van der Waals surface area contributed by atoms with Gasteiger partial charge in [-0.05, 0) is 73.0 Å². The Morgan fingerprint density at radius 3 is 2.44 bits per heavy atom. The van der Waals surface area contributed by atoms with Crippen LogP contribution in [0.25, 0.3) is 17.0 Å². The van der Waals surface area contributed by atoms with Crippen molar-refractivity contribution in [3.05, 3.63) is 89.1 Å². The highest BCUT2D eigenvalue weighted by Gasteiger charge is 2.12. The number of fused-ring (bicyclic) bond motifs is 1. The Morgan fingerprint density at radius 1 is 0.969 bits per heavy atom. The Labute approximate surface area is 186 Å². The number of rotatable bonds is 5. The Kier molecular flexibility index (Phi) is 5.78. The fourth-order valence-corrected chi connectivity index (χ4v) is 3.44. The first-order valence-electron chi connectivity index (χ1n) is 9.95. The number of nitrogens with zero attached hydrogens (tertiary/aromatic N) is 4. The maximum Gasteiger partial charge on any atom is 0.140 e. The molecule has 32 heavy (non-hydrogen) atoms. The molecule has 2 aromatic heterocycles. The van der Waals surface area contributed by atoms with Gasteiger partial charge in [0.05, 0.1) is 17.1 Å². The van der Waals surface area contributed by atoms with Gasteiger partial charge in [-0.1, -0.05) is 12.1 Å². The van der Waals surface area contributed by atoms with Crippen molar-refractivity contribution >= 4 is 28.6 Å². The van der Waals surface area contributed by atoms with Crippen LogP contribution in [0.15, 0.2) is 66.9 Å². The van der Waals surface area contributed by atoms with Gasteiger partial charge in [-0.15, -0.1) is 0 Å². The third kappa shape index (κ3) is 4.40. The zero-order chi connectivity index (χ0) is 22.5. The third-order valence-corrected chi connectivity index (χ3v) is 4.87. The molecule has 0 aliphatic heterocycles. The summed E-state index contributed by atoms with van der Waals surface area (Å²) in [5.74, 6) is 2.59. The number of ether oxygens (including phenoxy) is 1. The van der Waals surface area contributed by atoms with Crippen LogP contribution < -0.4 is 10.1 Å². The molecule has 6 heteroatoms. The van der Waals surface area contributed by atoms with E-state index in [4.69, 9.17) is 15.3 Å². The molecule has 0 atom stereocenters. The number of para-hydroxylation sites is 1. The molecule has 0 radical (unpaired) electrons. The lowest BCUT2D eigenvalue weighted by molar-refractivity contribution is 0.480. The van der Waals surface area contributed by atoms with E-state index in [1.807, 2.05) is 62.4 Å². The van der Waals surface area contributed by atoms with Crippen LogP contribution in [-0.4, -0.2) is 9.97 Å². The molecule has 0 fully saturated rings. The van der Waals surface area contributed by atoms with Crippen molar-refractivity contribution in [2.24, 2.45) is 0 Å². The van der Waals surface area contributed by atoms with Gasteiger partial charge in [0.1, 0.15) is 29.2 Å². The van der Waals surface area contributed by atoms with E-state index in [-0.39, 0.29) is 0 Å². The minimum Gasteiger partial charge on any atom is -0.456 e. The van der Waals surface area contributed by atoms with Crippen molar-refractivity contribution < 1.29 is 4.74 Å². The van der Waals surface area contributed by atoms with Crippen molar-refractivity contribution in [2.45, 2.75) is 13.8 Å². The molecular weight excluding hydrogens is 398 g/mol. The zero-order valence-corrected chi connectivity index (χ0v) is 17.6. The van der Waals surface area contributed by atoms with Crippen molar-refractivity contribution in [1.82, 2.24) is 9.97 Å². The number of aryl methyl sites for hydroxylation is 2. The molecule has 0 spiro atoms. The van der Waals surface area contributed by atoms with Crippen LogP contribution >= 0.6 is 0 Å². The van der Waals surface area contributed by atoms with Crippen molar-refractivity contribution in [2.75, 3.05) is 5.32 Å². The number of benzene rings is 2. The molecule has 0 unspecified atom stereocenters. The Hall–Kier alpha value is -4.68. The minimum atomic E-state index is 0.491. The van der Waals surface area contributed by atoms with Crippen molar-refractivity contribution in [3.63, 3.8) is 0 Å². The average molecular weight is 417 g/mol. The monoisotopic (exact) mass is 417 g/mol. The van der Waals surface area contributed by atoms with Crippen LogP contribution in [0.5, 0.6) is 11.5 Å². The van der Waals surface area contributed by atoms with Gasteiger partial charge in [0, 0.05) is 23.7 Å². The maximum atomic E-state index is 8.96. The summed E-state index contributed by atoms with van der Waals surface area (Å²) in [4.78, 5) is 8.93. The van der Waals surface area contributed by atoms with Gasteiger partial charge in [0.25, 0.3) is 0 Å². The summed E-state index contributed by atoms with van der Waals surface area (Å²) in [6, 6.07) is 21.1. The highest BCUT2D eigenvalue weighted by atomic mass is 16.5. The molecule has 0 amide bonds. The number of pyridine rings is 2. The maximum absolute atomic E-state index is 8.96. The van der Waals surface area contributed by atoms with Crippen LogP contribution in [0.2, 0.25) is 0 Å². The van der Waals surface area contributed by atoms with Crippen molar-refractivity contribution in [1.29, 1.82) is 10.5 Å². The van der Waals surface area contributed by atoms with Gasteiger partial charge in [0.15, 0.2) is 0 Å². The van der Waals surface area contributed by atoms with Gasteiger partial charge >= 0.3 is 0 Å². The van der Waals surface area contributed by atoms with Gasteiger partial charge in [0.2, 0.25) is 0 Å². The van der Waals surface area contributed by atoms with E-state index in [1.165, 1.54) is 12.3 Å². The molecule has 0 saturated heterocycles. The number of hydrogen-bond acceptors (Lipinski definition) is 6. The first-order chi connectivity index (χ1) is 15.6. The van der Waals surface area contributed by atoms with Gasteiger partial charge in [-0.3, -0.25) is 0 Å². The average Bonchev–Trinajstić information content (AvgIpc) is 2.80. The SMILES string of the molecule is Cc1cc(/C=C\C#N)cc(C)c1Oc1cc(Nc2ccc(C#N)cn2)nc2ccccc12. The standard InChI is InChI=1S/C26H19N5O/c1-17-12-19(6-5-11-27)13-18(2)26(17)32-23-14-25(30-22-8-4-3-7-21(22)23)31-24-10-9-20(15-28)16-29-24/h3-10,12-14,16H,1-2H3,(H,29,30,31)/b6-5-. The summed E-state index contributed by atoms with van der Waals surface area (Å²) >= 11 is 0. The van der Waals surface area contributed by atoms with Crippen LogP contribution in [0.3, 0.4) is 0 Å². The number of allylic oxidation sites excluding steroid dienone is 1. The molecular formula is C26H19N5O. The normalized spacial score (nSPS) is 10.6. The van der Waals surface area contributed by atoms with E-state index in [1.54, 1.807) is 18.2 Å². The van der Waals surface area contributed by atoms with E-state index < -0.39 is 0 Å². The van der Waals surface area contributed by atoms with Crippen LogP contribution in [0.4, 0.5) is 11.6 Å². The molecule has 154 valence electrons. The van der Waals surface area contributed by atoms with E-state index >= 15 is 0 Å². The molecule has 0 aliphatic carbocycles. The first-order valence-corrected chi connectivity index (χ1v) is 9.95. The lowest BCUT2D eigenvalue weighted by Crippen LogP contribution is -1.99. The van der Waals surface area contributed by atoms with E-state index in [9.17, 15) is 0 Å². The summed E-state index contributed by atoms with van der Waals surface area (Å²) < 4.78 is 6.39. The molecule has 1 N–H and O–H groups in total. The van der Waals surface area contributed by atoms with Crippen LogP contribution in [-0.2, 0) is 0 Å². The molecule has 0 bridgehead atoms. The molecule has 4 aromatic rings. The fourth-order valence-electron chi connectivity index (χ4n) is 3.44. The van der Waals surface area contributed by atoms with E-state index in [0.717, 1.165) is 33.3 Å². The Morgan fingerprint density at radius 2 is 1.75 bits per heavy atom. The molecule has 4 rings (SSSR count). The second-order valence-electron chi connectivity index (χ2n) is 7.24. The predicted octanol–water partition coefficient (Wildman–Crippen LogP) is 6.19. The summed E-state index contributed by atoms with van der Waals surface area (Å²) in [6.45, 7) is 3.96. The van der Waals surface area contributed by atoms with E-state index in [0.29, 0.717) is 22.9 Å². The highest BCUT2D eigenvalue weighted by Crippen LogP contribution is 2.35. The smallest absolute Gasteiger partial charge is 0.140 e. The summed E-state index contributed by atoms with van der Waals surface area (Å²) in [7, 11) is 0. The summed E-state index contributed by atoms with van der Waals surface area (Å²) in [5.41, 5.74) is 4.15. The van der Waals surface area contributed by atoms with Gasteiger partial charge < -0.3 is 10.1 Å². The topological polar surface area (TPSA) is 94.6 Å². The second-order valence-corrected chi connectivity index (χ2v) is 7.24. The second kappa shape index (κ2) is 8.99. The van der Waals surface area contributed by atoms with Crippen LogP contribution in [0, 0.1) is 36.5 Å². The Balaban J connectivity index is 1.73. The number of aromatic nitrogens is 2. The fraction of sp³-hybridized carbons (Fsp3) is 0.0769. The lowest BCUT2D eigenvalue weighted by Gasteiger charge is -2.16. The number of anilines is 2. The highest BCUT2D eigenvalue weighted by molar-refractivity contribution is 5.87. The predicted molar refractivity (Wildman–Crippen MR) is 125 cm³/mol. The van der Waals surface area contributed by atoms with E-state index in [2.05, 4.69) is 21.4 Å². The minimum absolute atomic E-state index is 0.491. The van der Waals surface area contributed by atoms with Crippen molar-refractivity contribution in [3.8, 4) is 23.6 Å². The number of hydrogen-bond donors (Lipinski definition) is 1.